The maximum absolute atomic E-state index is 12.7. The van der Waals surface area contributed by atoms with Gasteiger partial charge in [0.25, 0.3) is 5.91 Å². The predicted molar refractivity (Wildman–Crippen MR) is 72.1 cm³/mol. The standard InChI is InChI=1S/C14H18F3N3O2/c1-9-8-10(14(15,16)17)20-11(19-9)4-6-18-12(21)13(2)5-3-7-22-13/h8H,3-7H2,1-2H3,(H,18,21). The van der Waals surface area contributed by atoms with E-state index in [9.17, 15) is 18.0 Å². The second-order valence-corrected chi connectivity index (χ2v) is 5.50. The Bertz CT molecular complexity index is 555. The molecule has 1 N–H and O–H groups in total. The van der Waals surface area contributed by atoms with E-state index in [1.54, 1.807) is 6.92 Å². The number of rotatable bonds is 4. The third kappa shape index (κ3) is 3.94. The summed E-state index contributed by atoms with van der Waals surface area (Å²) in [4.78, 5) is 19.5. The second kappa shape index (κ2) is 6.20. The highest BCUT2D eigenvalue weighted by molar-refractivity contribution is 5.84. The number of amides is 1. The number of halogens is 3. The fraction of sp³-hybridized carbons (Fsp3) is 0.643. The van der Waals surface area contributed by atoms with Crippen molar-refractivity contribution in [3.8, 4) is 0 Å². The fourth-order valence-electron chi connectivity index (χ4n) is 2.32. The van der Waals surface area contributed by atoms with Crippen molar-refractivity contribution in [1.29, 1.82) is 0 Å². The van der Waals surface area contributed by atoms with Crippen LogP contribution in [0.3, 0.4) is 0 Å². The molecule has 0 spiro atoms. The molecular weight excluding hydrogens is 299 g/mol. The zero-order valence-corrected chi connectivity index (χ0v) is 12.5. The maximum Gasteiger partial charge on any atom is 0.433 e. The number of carbonyl (C=O) groups excluding carboxylic acids is 1. The molecule has 1 aliphatic rings. The maximum atomic E-state index is 12.7. The molecule has 1 aromatic heterocycles. The van der Waals surface area contributed by atoms with Gasteiger partial charge in [0.1, 0.15) is 17.1 Å². The minimum absolute atomic E-state index is 0.0603. The Morgan fingerprint density at radius 3 is 2.77 bits per heavy atom. The molecule has 8 heteroatoms. The van der Waals surface area contributed by atoms with E-state index in [1.807, 2.05) is 0 Å². The summed E-state index contributed by atoms with van der Waals surface area (Å²) in [5.41, 5.74) is -1.56. The molecule has 0 aliphatic carbocycles. The first kappa shape index (κ1) is 16.7. The molecule has 1 aliphatic heterocycles. The molecule has 1 amide bonds. The monoisotopic (exact) mass is 317 g/mol. The Labute approximate surface area is 126 Å². The summed E-state index contributed by atoms with van der Waals surface area (Å²) in [7, 11) is 0. The molecular formula is C14H18F3N3O2. The molecule has 22 heavy (non-hydrogen) atoms. The van der Waals surface area contributed by atoms with Crippen LogP contribution in [0.4, 0.5) is 13.2 Å². The van der Waals surface area contributed by atoms with Crippen LogP contribution in [0.1, 0.15) is 37.0 Å². The molecule has 0 aromatic carbocycles. The molecule has 5 nitrogen and oxygen atoms in total. The molecule has 1 fully saturated rings. The average Bonchev–Trinajstić information content (AvgIpc) is 2.85. The summed E-state index contributed by atoms with van der Waals surface area (Å²) >= 11 is 0. The van der Waals surface area contributed by atoms with E-state index in [4.69, 9.17) is 4.74 Å². The molecule has 2 heterocycles. The van der Waals surface area contributed by atoms with Crippen molar-refractivity contribution in [1.82, 2.24) is 15.3 Å². The van der Waals surface area contributed by atoms with Gasteiger partial charge in [-0.1, -0.05) is 0 Å². The van der Waals surface area contributed by atoms with E-state index in [0.717, 1.165) is 12.5 Å². The first-order chi connectivity index (χ1) is 10.2. The zero-order valence-electron chi connectivity index (χ0n) is 12.5. The number of ether oxygens (including phenoxy) is 1. The summed E-state index contributed by atoms with van der Waals surface area (Å²) in [6.07, 6.45) is -2.92. The van der Waals surface area contributed by atoms with Crippen molar-refractivity contribution in [2.24, 2.45) is 0 Å². The van der Waals surface area contributed by atoms with E-state index in [-0.39, 0.29) is 30.4 Å². The Balaban J connectivity index is 1.94. The molecule has 1 atom stereocenters. The summed E-state index contributed by atoms with van der Waals surface area (Å²) in [5.74, 6) is -0.196. The van der Waals surface area contributed by atoms with Crippen LogP contribution in [0, 0.1) is 6.92 Å². The Kier molecular flexibility index (Phi) is 4.69. The van der Waals surface area contributed by atoms with Crippen molar-refractivity contribution in [2.75, 3.05) is 13.2 Å². The zero-order chi connectivity index (χ0) is 16.4. The molecule has 1 saturated heterocycles. The van der Waals surface area contributed by atoms with Gasteiger partial charge >= 0.3 is 6.18 Å². The lowest BCUT2D eigenvalue weighted by Crippen LogP contribution is -2.44. The third-order valence-corrected chi connectivity index (χ3v) is 3.52. The van der Waals surface area contributed by atoms with Crippen LogP contribution in [0.15, 0.2) is 6.07 Å². The number of aromatic nitrogens is 2. The summed E-state index contributed by atoms with van der Waals surface area (Å²) in [5, 5.41) is 2.67. The van der Waals surface area contributed by atoms with Gasteiger partial charge in [-0.15, -0.1) is 0 Å². The van der Waals surface area contributed by atoms with Crippen LogP contribution in [0.2, 0.25) is 0 Å². The van der Waals surface area contributed by atoms with Crippen molar-refractivity contribution in [3.63, 3.8) is 0 Å². The van der Waals surface area contributed by atoms with Gasteiger partial charge in [0.2, 0.25) is 0 Å². The molecule has 122 valence electrons. The van der Waals surface area contributed by atoms with Gasteiger partial charge in [0.15, 0.2) is 0 Å². The van der Waals surface area contributed by atoms with Gasteiger partial charge in [-0.2, -0.15) is 13.2 Å². The first-order valence-electron chi connectivity index (χ1n) is 7.05. The quantitative estimate of drug-likeness (QED) is 0.923. The Morgan fingerprint density at radius 2 is 2.18 bits per heavy atom. The van der Waals surface area contributed by atoms with Crippen LogP contribution in [-0.2, 0) is 22.1 Å². The van der Waals surface area contributed by atoms with Crippen molar-refractivity contribution < 1.29 is 22.7 Å². The van der Waals surface area contributed by atoms with Gasteiger partial charge in [-0.3, -0.25) is 4.79 Å². The third-order valence-electron chi connectivity index (χ3n) is 3.52. The average molecular weight is 317 g/mol. The summed E-state index contributed by atoms with van der Waals surface area (Å²) < 4.78 is 43.4. The normalized spacial score (nSPS) is 21.9. The predicted octanol–water partition coefficient (Wildman–Crippen LogP) is 2.03. The molecule has 0 saturated carbocycles. The smallest absolute Gasteiger partial charge is 0.365 e. The lowest BCUT2D eigenvalue weighted by Gasteiger charge is -2.21. The number of hydrogen-bond donors (Lipinski definition) is 1. The van der Waals surface area contributed by atoms with Crippen LogP contribution in [-0.4, -0.2) is 34.6 Å². The van der Waals surface area contributed by atoms with Gasteiger partial charge in [0, 0.05) is 25.3 Å². The lowest BCUT2D eigenvalue weighted by atomic mass is 10.0. The molecule has 1 unspecified atom stereocenters. The number of alkyl halides is 3. The fourth-order valence-corrected chi connectivity index (χ4v) is 2.32. The van der Waals surface area contributed by atoms with Crippen LogP contribution >= 0.6 is 0 Å². The highest BCUT2D eigenvalue weighted by atomic mass is 19.4. The Hall–Kier alpha value is -1.70. The van der Waals surface area contributed by atoms with Crippen molar-refractivity contribution >= 4 is 5.91 Å². The first-order valence-corrected chi connectivity index (χ1v) is 7.05. The minimum atomic E-state index is -4.50. The van der Waals surface area contributed by atoms with Gasteiger partial charge in [-0.05, 0) is 32.8 Å². The van der Waals surface area contributed by atoms with Crippen LogP contribution in [0.5, 0.6) is 0 Å². The van der Waals surface area contributed by atoms with Crippen LogP contribution < -0.4 is 5.32 Å². The lowest BCUT2D eigenvalue weighted by molar-refractivity contribution is -0.141. The molecule has 1 aromatic rings. The van der Waals surface area contributed by atoms with E-state index < -0.39 is 17.5 Å². The largest absolute Gasteiger partial charge is 0.433 e. The van der Waals surface area contributed by atoms with E-state index >= 15 is 0 Å². The number of nitrogens with zero attached hydrogens (tertiary/aromatic N) is 2. The van der Waals surface area contributed by atoms with Gasteiger partial charge in [-0.25, -0.2) is 9.97 Å². The van der Waals surface area contributed by atoms with Gasteiger partial charge < -0.3 is 10.1 Å². The SMILES string of the molecule is Cc1cc(C(F)(F)F)nc(CCNC(=O)C2(C)CCCO2)n1. The highest BCUT2D eigenvalue weighted by Gasteiger charge is 2.37. The molecule has 0 radical (unpaired) electrons. The number of carbonyl (C=O) groups is 1. The van der Waals surface area contributed by atoms with Crippen molar-refractivity contribution in [3.05, 3.63) is 23.3 Å². The van der Waals surface area contributed by atoms with E-state index in [1.165, 1.54) is 6.92 Å². The van der Waals surface area contributed by atoms with Gasteiger partial charge in [0.05, 0.1) is 0 Å². The topological polar surface area (TPSA) is 64.1 Å². The Morgan fingerprint density at radius 1 is 1.45 bits per heavy atom. The number of aryl methyl sites for hydroxylation is 1. The molecule has 2 rings (SSSR count). The summed E-state index contributed by atoms with van der Waals surface area (Å²) in [6, 6.07) is 0.898. The second-order valence-electron chi connectivity index (χ2n) is 5.50. The minimum Gasteiger partial charge on any atom is -0.365 e. The van der Waals surface area contributed by atoms with E-state index in [2.05, 4.69) is 15.3 Å². The highest BCUT2D eigenvalue weighted by Crippen LogP contribution is 2.28. The molecule has 0 bridgehead atoms. The number of nitrogens with one attached hydrogen (secondary N) is 1. The number of hydrogen-bond acceptors (Lipinski definition) is 4. The van der Waals surface area contributed by atoms with Crippen LogP contribution in [0.25, 0.3) is 0 Å². The summed E-state index contributed by atoms with van der Waals surface area (Å²) in [6.45, 7) is 3.89. The van der Waals surface area contributed by atoms with E-state index in [0.29, 0.717) is 13.0 Å². The van der Waals surface area contributed by atoms with Crippen molar-refractivity contribution in [2.45, 2.75) is 44.9 Å².